The number of halogens is 1. The lowest BCUT2D eigenvalue weighted by Gasteiger charge is -2.31. The molecule has 1 fully saturated rings. The molecule has 0 atom stereocenters. The molecule has 0 unspecified atom stereocenters. The van der Waals surface area contributed by atoms with E-state index in [0.29, 0.717) is 11.7 Å². The summed E-state index contributed by atoms with van der Waals surface area (Å²) in [5.74, 6) is 1.05. The largest absolute Gasteiger partial charge is 0.355 e. The molecule has 0 saturated carbocycles. The van der Waals surface area contributed by atoms with Gasteiger partial charge in [-0.25, -0.2) is 0 Å². The second kappa shape index (κ2) is 7.07. The number of nitrogens with one attached hydrogen (secondary N) is 1. The van der Waals surface area contributed by atoms with Crippen molar-refractivity contribution < 1.29 is 4.79 Å². The molecule has 0 aliphatic carbocycles. The fourth-order valence-corrected chi connectivity index (χ4v) is 3.33. The van der Waals surface area contributed by atoms with Gasteiger partial charge in [-0.1, -0.05) is 17.7 Å². The Morgan fingerprint density at radius 2 is 2.14 bits per heavy atom. The molecule has 1 aliphatic heterocycles. The van der Waals surface area contributed by atoms with Crippen LogP contribution < -0.4 is 10.2 Å². The van der Waals surface area contributed by atoms with Crippen LogP contribution in [-0.2, 0) is 11.3 Å². The van der Waals surface area contributed by atoms with E-state index in [4.69, 9.17) is 11.6 Å². The average Bonchev–Trinajstić information content (AvgIpc) is 3.07. The van der Waals surface area contributed by atoms with Crippen LogP contribution in [0.2, 0.25) is 5.15 Å². The van der Waals surface area contributed by atoms with Gasteiger partial charge in [-0.3, -0.25) is 4.79 Å². The lowest BCUT2D eigenvalue weighted by atomic mass is 9.96. The second-order valence-corrected chi connectivity index (χ2v) is 6.69. The number of thiophene rings is 1. The third-order valence-corrected chi connectivity index (χ3v) is 4.90. The molecule has 5 nitrogen and oxygen atoms in total. The number of piperidine rings is 1. The summed E-state index contributed by atoms with van der Waals surface area (Å²) in [6.45, 7) is 2.25. The lowest BCUT2D eigenvalue weighted by molar-refractivity contribution is -0.125. The van der Waals surface area contributed by atoms with Gasteiger partial charge in [0.2, 0.25) is 5.91 Å². The van der Waals surface area contributed by atoms with Crippen LogP contribution in [0.5, 0.6) is 0 Å². The van der Waals surface area contributed by atoms with Crippen molar-refractivity contribution in [3.05, 3.63) is 39.7 Å². The summed E-state index contributed by atoms with van der Waals surface area (Å²) >= 11 is 7.41. The van der Waals surface area contributed by atoms with Crippen LogP contribution in [0.1, 0.15) is 17.7 Å². The quantitative estimate of drug-likeness (QED) is 0.932. The summed E-state index contributed by atoms with van der Waals surface area (Å²) in [6, 6.07) is 7.64. The van der Waals surface area contributed by atoms with Crippen molar-refractivity contribution in [3.8, 4) is 0 Å². The first-order valence-electron chi connectivity index (χ1n) is 7.26. The van der Waals surface area contributed by atoms with E-state index in [-0.39, 0.29) is 11.8 Å². The Kier molecular flexibility index (Phi) is 4.90. The highest BCUT2D eigenvalue weighted by Gasteiger charge is 2.25. The van der Waals surface area contributed by atoms with Crippen molar-refractivity contribution in [2.45, 2.75) is 19.4 Å². The van der Waals surface area contributed by atoms with Gasteiger partial charge in [0, 0.05) is 23.9 Å². The molecule has 0 spiro atoms. The highest BCUT2D eigenvalue weighted by Crippen LogP contribution is 2.22. The molecule has 0 bridgehead atoms. The molecule has 1 N–H and O–H groups in total. The first kappa shape index (κ1) is 15.2. The van der Waals surface area contributed by atoms with Gasteiger partial charge in [-0.05, 0) is 36.4 Å². The Hall–Kier alpha value is -1.66. The number of nitrogens with zero attached hydrogens (tertiary/aromatic N) is 3. The van der Waals surface area contributed by atoms with E-state index < -0.39 is 0 Å². The Morgan fingerprint density at radius 3 is 2.77 bits per heavy atom. The Bertz CT molecular complexity index is 609. The van der Waals surface area contributed by atoms with E-state index in [1.165, 1.54) is 4.88 Å². The second-order valence-electron chi connectivity index (χ2n) is 5.27. The molecule has 0 radical (unpaired) electrons. The lowest BCUT2D eigenvalue weighted by Crippen LogP contribution is -2.40. The van der Waals surface area contributed by atoms with E-state index in [1.807, 2.05) is 23.6 Å². The molecule has 2 aromatic heterocycles. The van der Waals surface area contributed by atoms with Crippen LogP contribution in [-0.4, -0.2) is 29.2 Å². The minimum atomic E-state index is 0.0801. The number of hydrogen-bond acceptors (Lipinski definition) is 5. The number of hydrogen-bond donors (Lipinski definition) is 1. The summed E-state index contributed by atoms with van der Waals surface area (Å²) in [4.78, 5) is 15.5. The molecule has 1 aliphatic rings. The topological polar surface area (TPSA) is 58.1 Å². The van der Waals surface area contributed by atoms with Crippen molar-refractivity contribution >= 4 is 34.7 Å². The summed E-state index contributed by atoms with van der Waals surface area (Å²) in [6.07, 6.45) is 1.67. The van der Waals surface area contributed by atoms with Crippen molar-refractivity contribution in [2.24, 2.45) is 5.92 Å². The highest BCUT2D eigenvalue weighted by atomic mass is 35.5. The SMILES string of the molecule is O=C(NCc1cccs1)C1CCN(c2ccc(Cl)nn2)CC1. The zero-order valence-corrected chi connectivity index (χ0v) is 13.6. The van der Waals surface area contributed by atoms with E-state index in [1.54, 1.807) is 17.4 Å². The van der Waals surface area contributed by atoms with Gasteiger partial charge in [0.1, 0.15) is 0 Å². The maximum Gasteiger partial charge on any atom is 0.223 e. The van der Waals surface area contributed by atoms with Crippen molar-refractivity contribution in [2.75, 3.05) is 18.0 Å². The number of carbonyl (C=O) groups excluding carboxylic acids is 1. The summed E-state index contributed by atoms with van der Waals surface area (Å²) in [7, 11) is 0. The Morgan fingerprint density at radius 1 is 1.32 bits per heavy atom. The molecule has 1 amide bonds. The van der Waals surface area contributed by atoms with Gasteiger partial charge in [0.15, 0.2) is 11.0 Å². The number of rotatable bonds is 4. The smallest absolute Gasteiger partial charge is 0.223 e. The fourth-order valence-electron chi connectivity index (χ4n) is 2.58. The normalized spacial score (nSPS) is 15.8. The Balaban J connectivity index is 1.48. The molecular weight excluding hydrogens is 320 g/mol. The van der Waals surface area contributed by atoms with Gasteiger partial charge in [-0.15, -0.1) is 21.5 Å². The van der Waals surface area contributed by atoms with Gasteiger partial charge < -0.3 is 10.2 Å². The van der Waals surface area contributed by atoms with E-state index in [2.05, 4.69) is 20.4 Å². The fraction of sp³-hybridized carbons (Fsp3) is 0.400. The first-order valence-corrected chi connectivity index (χ1v) is 8.52. The molecular formula is C15H17ClN4OS. The number of aromatic nitrogens is 2. The summed E-state index contributed by atoms with van der Waals surface area (Å²) in [5.41, 5.74) is 0. The van der Waals surface area contributed by atoms with E-state index in [9.17, 15) is 4.79 Å². The van der Waals surface area contributed by atoms with Crippen LogP contribution in [0.25, 0.3) is 0 Å². The maximum atomic E-state index is 12.2. The summed E-state index contributed by atoms with van der Waals surface area (Å²) in [5, 5.41) is 13.4. The zero-order chi connectivity index (χ0) is 15.4. The zero-order valence-electron chi connectivity index (χ0n) is 12.0. The molecule has 22 heavy (non-hydrogen) atoms. The third-order valence-electron chi connectivity index (χ3n) is 3.82. The van der Waals surface area contributed by atoms with Gasteiger partial charge >= 0.3 is 0 Å². The average molecular weight is 337 g/mol. The minimum absolute atomic E-state index is 0.0801. The predicted octanol–water partition coefficient (Wildman–Crippen LogP) is 2.72. The van der Waals surface area contributed by atoms with Crippen LogP contribution in [0, 0.1) is 5.92 Å². The van der Waals surface area contributed by atoms with Crippen molar-refractivity contribution in [1.29, 1.82) is 0 Å². The molecule has 116 valence electrons. The van der Waals surface area contributed by atoms with Gasteiger partial charge in [-0.2, -0.15) is 0 Å². The standard InChI is InChI=1S/C15H17ClN4OS/c16-13-3-4-14(19-18-13)20-7-5-11(6-8-20)15(21)17-10-12-2-1-9-22-12/h1-4,9,11H,5-8,10H2,(H,17,21). The monoisotopic (exact) mass is 336 g/mol. The van der Waals surface area contributed by atoms with Crippen LogP contribution in [0.4, 0.5) is 5.82 Å². The molecule has 3 heterocycles. The maximum absolute atomic E-state index is 12.2. The first-order chi connectivity index (χ1) is 10.7. The van der Waals surface area contributed by atoms with Gasteiger partial charge in [0.25, 0.3) is 0 Å². The molecule has 3 rings (SSSR count). The minimum Gasteiger partial charge on any atom is -0.355 e. The van der Waals surface area contributed by atoms with E-state index >= 15 is 0 Å². The van der Waals surface area contributed by atoms with Gasteiger partial charge in [0.05, 0.1) is 6.54 Å². The number of amides is 1. The predicted molar refractivity (Wildman–Crippen MR) is 88.1 cm³/mol. The highest BCUT2D eigenvalue weighted by molar-refractivity contribution is 7.09. The number of carbonyl (C=O) groups is 1. The molecule has 1 saturated heterocycles. The van der Waals surface area contributed by atoms with Crippen molar-refractivity contribution in [3.63, 3.8) is 0 Å². The van der Waals surface area contributed by atoms with Crippen LogP contribution in [0.3, 0.4) is 0 Å². The summed E-state index contributed by atoms with van der Waals surface area (Å²) < 4.78 is 0. The van der Waals surface area contributed by atoms with E-state index in [0.717, 1.165) is 31.7 Å². The van der Waals surface area contributed by atoms with Crippen LogP contribution in [0.15, 0.2) is 29.6 Å². The Labute approximate surface area is 138 Å². The molecule has 2 aromatic rings. The van der Waals surface area contributed by atoms with Crippen molar-refractivity contribution in [1.82, 2.24) is 15.5 Å². The molecule has 7 heteroatoms. The number of anilines is 1. The molecule has 0 aromatic carbocycles. The third kappa shape index (κ3) is 3.75. The van der Waals surface area contributed by atoms with Crippen LogP contribution >= 0.6 is 22.9 Å².